The van der Waals surface area contributed by atoms with Crippen LogP contribution in [0.5, 0.6) is 0 Å². The van der Waals surface area contributed by atoms with Gasteiger partial charge in [-0.25, -0.2) is 4.79 Å². The monoisotopic (exact) mass is 370 g/mol. The SMILES string of the molecule is CN[C@H]1Cc2c([nH]c3ccccc23)C(C(=O)OC)=C[C@@]1(C)C(C)OC(C)=O. The largest absolute Gasteiger partial charge is 0.465 e. The van der Waals surface area contributed by atoms with Crippen LogP contribution in [0.3, 0.4) is 0 Å². The number of aromatic nitrogens is 1. The van der Waals surface area contributed by atoms with Crippen LogP contribution in [0.4, 0.5) is 0 Å². The van der Waals surface area contributed by atoms with Gasteiger partial charge in [0, 0.05) is 29.3 Å². The Morgan fingerprint density at radius 2 is 2.04 bits per heavy atom. The predicted octanol–water partition coefficient (Wildman–Crippen LogP) is 2.83. The fourth-order valence-electron chi connectivity index (χ4n) is 4.01. The number of H-pyrrole nitrogens is 1. The Bertz CT molecular complexity index is 914. The third-order valence-electron chi connectivity index (χ3n) is 5.67. The van der Waals surface area contributed by atoms with Gasteiger partial charge in [0.25, 0.3) is 0 Å². The molecule has 144 valence electrons. The molecule has 0 fully saturated rings. The Morgan fingerprint density at radius 3 is 2.67 bits per heavy atom. The highest BCUT2D eigenvalue weighted by Crippen LogP contribution is 2.41. The van der Waals surface area contributed by atoms with Crippen molar-refractivity contribution in [1.29, 1.82) is 0 Å². The molecular formula is C21H26N2O4. The van der Waals surface area contributed by atoms with Crippen molar-refractivity contribution in [1.82, 2.24) is 10.3 Å². The average molecular weight is 370 g/mol. The van der Waals surface area contributed by atoms with Gasteiger partial charge in [-0.2, -0.15) is 0 Å². The standard InChI is InChI=1S/C21H26N2O4/c1-12(27-13(2)24)21(3)11-16(20(25)26-5)19-15(10-18(21)22-4)14-8-6-7-9-17(14)23-19/h6-9,11-12,18,22-23H,10H2,1-5H3/t12?,18-,21-/m0/s1. The number of benzene rings is 1. The lowest BCUT2D eigenvalue weighted by atomic mass is 9.75. The molecule has 27 heavy (non-hydrogen) atoms. The molecule has 0 amide bonds. The molecule has 0 spiro atoms. The summed E-state index contributed by atoms with van der Waals surface area (Å²) in [6.45, 7) is 5.25. The summed E-state index contributed by atoms with van der Waals surface area (Å²) in [5.41, 5.74) is 2.65. The average Bonchev–Trinajstić information content (AvgIpc) is 2.94. The number of nitrogens with one attached hydrogen (secondary N) is 2. The number of carbonyl (C=O) groups excluding carboxylic acids is 2. The molecule has 1 aromatic carbocycles. The van der Waals surface area contributed by atoms with Crippen LogP contribution in [0.2, 0.25) is 0 Å². The Kier molecular flexibility index (Phi) is 5.11. The van der Waals surface area contributed by atoms with E-state index in [0.717, 1.165) is 22.2 Å². The van der Waals surface area contributed by atoms with Gasteiger partial charge in [-0.05, 0) is 32.0 Å². The van der Waals surface area contributed by atoms with E-state index in [9.17, 15) is 9.59 Å². The first-order valence-electron chi connectivity index (χ1n) is 9.07. The molecule has 0 radical (unpaired) electrons. The van der Waals surface area contributed by atoms with E-state index >= 15 is 0 Å². The van der Waals surface area contributed by atoms with Crippen molar-refractivity contribution < 1.29 is 19.1 Å². The van der Waals surface area contributed by atoms with Crippen LogP contribution < -0.4 is 5.32 Å². The molecule has 1 aromatic heterocycles. The highest BCUT2D eigenvalue weighted by atomic mass is 16.5. The molecule has 6 heteroatoms. The van der Waals surface area contributed by atoms with E-state index in [2.05, 4.69) is 10.3 Å². The Labute approximate surface area is 158 Å². The summed E-state index contributed by atoms with van der Waals surface area (Å²) in [6, 6.07) is 7.94. The highest BCUT2D eigenvalue weighted by Gasteiger charge is 2.43. The number of esters is 2. The predicted molar refractivity (Wildman–Crippen MR) is 104 cm³/mol. The second-order valence-electron chi connectivity index (χ2n) is 7.24. The van der Waals surface area contributed by atoms with Crippen LogP contribution in [0.25, 0.3) is 16.5 Å². The summed E-state index contributed by atoms with van der Waals surface area (Å²) in [5, 5.41) is 4.44. The highest BCUT2D eigenvalue weighted by molar-refractivity contribution is 6.18. The molecule has 6 nitrogen and oxygen atoms in total. The zero-order valence-electron chi connectivity index (χ0n) is 16.4. The van der Waals surface area contributed by atoms with Gasteiger partial charge in [0.2, 0.25) is 0 Å². The van der Waals surface area contributed by atoms with Crippen molar-refractivity contribution in [3.63, 3.8) is 0 Å². The Hall–Kier alpha value is -2.60. The van der Waals surface area contributed by atoms with Crippen LogP contribution in [0.15, 0.2) is 30.3 Å². The van der Waals surface area contributed by atoms with Crippen molar-refractivity contribution in [3.05, 3.63) is 41.6 Å². The van der Waals surface area contributed by atoms with Gasteiger partial charge in [-0.3, -0.25) is 4.79 Å². The van der Waals surface area contributed by atoms with Crippen molar-refractivity contribution >= 4 is 28.4 Å². The Morgan fingerprint density at radius 1 is 1.33 bits per heavy atom. The molecule has 0 aliphatic heterocycles. The number of para-hydroxylation sites is 1. The molecule has 2 aromatic rings. The van der Waals surface area contributed by atoms with E-state index in [0.29, 0.717) is 12.0 Å². The van der Waals surface area contributed by atoms with E-state index in [-0.39, 0.29) is 12.0 Å². The number of methoxy groups -OCH3 is 1. The molecule has 2 N–H and O–H groups in total. The fraction of sp³-hybridized carbons (Fsp3) is 0.429. The molecule has 0 bridgehead atoms. The summed E-state index contributed by atoms with van der Waals surface area (Å²) in [5.74, 6) is -0.763. The second-order valence-corrected chi connectivity index (χ2v) is 7.24. The number of fused-ring (bicyclic) bond motifs is 3. The zero-order valence-corrected chi connectivity index (χ0v) is 16.4. The molecule has 3 rings (SSSR count). The van der Waals surface area contributed by atoms with Crippen LogP contribution in [0.1, 0.15) is 32.0 Å². The van der Waals surface area contributed by atoms with Gasteiger partial charge in [-0.1, -0.05) is 31.2 Å². The normalized spacial score (nSPS) is 23.1. The van der Waals surface area contributed by atoms with Crippen molar-refractivity contribution in [2.45, 2.75) is 39.3 Å². The number of ether oxygens (including phenoxy) is 2. The zero-order chi connectivity index (χ0) is 19.8. The molecule has 1 unspecified atom stereocenters. The van der Waals surface area contributed by atoms with E-state index in [1.54, 1.807) is 0 Å². The lowest BCUT2D eigenvalue weighted by Gasteiger charge is -2.39. The van der Waals surface area contributed by atoms with Gasteiger partial charge in [0.05, 0.1) is 18.4 Å². The number of hydrogen-bond acceptors (Lipinski definition) is 5. The van der Waals surface area contributed by atoms with E-state index < -0.39 is 17.5 Å². The summed E-state index contributed by atoms with van der Waals surface area (Å²) in [6.07, 6.45) is 2.13. The maximum atomic E-state index is 12.6. The maximum Gasteiger partial charge on any atom is 0.339 e. The molecule has 3 atom stereocenters. The Balaban J connectivity index is 2.24. The first kappa shape index (κ1) is 19.2. The molecule has 1 aliphatic carbocycles. The molecule has 0 saturated carbocycles. The first-order chi connectivity index (χ1) is 12.8. The first-order valence-corrected chi connectivity index (χ1v) is 9.07. The van der Waals surface area contributed by atoms with Crippen molar-refractivity contribution in [2.75, 3.05) is 14.2 Å². The number of hydrogen-bond donors (Lipinski definition) is 2. The van der Waals surface area contributed by atoms with Crippen molar-refractivity contribution in [2.24, 2.45) is 5.41 Å². The maximum absolute atomic E-state index is 12.6. The van der Waals surface area contributed by atoms with E-state index in [1.165, 1.54) is 14.0 Å². The van der Waals surface area contributed by atoms with Gasteiger partial charge < -0.3 is 19.8 Å². The second kappa shape index (κ2) is 7.19. The smallest absolute Gasteiger partial charge is 0.339 e. The fourth-order valence-corrected chi connectivity index (χ4v) is 4.01. The third kappa shape index (κ3) is 3.25. The minimum Gasteiger partial charge on any atom is -0.465 e. The van der Waals surface area contributed by atoms with E-state index in [4.69, 9.17) is 9.47 Å². The van der Waals surface area contributed by atoms with Crippen LogP contribution in [-0.2, 0) is 25.5 Å². The van der Waals surface area contributed by atoms with E-state index in [1.807, 2.05) is 51.2 Å². The quantitative estimate of drug-likeness (QED) is 0.809. The third-order valence-corrected chi connectivity index (χ3v) is 5.67. The van der Waals surface area contributed by atoms with Crippen LogP contribution in [0, 0.1) is 5.41 Å². The summed E-state index contributed by atoms with van der Waals surface area (Å²) in [4.78, 5) is 27.6. The van der Waals surface area contributed by atoms with Gasteiger partial charge in [0.1, 0.15) is 6.10 Å². The van der Waals surface area contributed by atoms with Crippen LogP contribution >= 0.6 is 0 Å². The number of aromatic amines is 1. The lowest BCUT2D eigenvalue weighted by Crippen LogP contribution is -2.49. The topological polar surface area (TPSA) is 80.4 Å². The summed E-state index contributed by atoms with van der Waals surface area (Å²) >= 11 is 0. The molecular weight excluding hydrogens is 344 g/mol. The lowest BCUT2D eigenvalue weighted by molar-refractivity contribution is -0.150. The number of likely N-dealkylation sites (N-methyl/N-ethyl adjacent to an activating group) is 1. The summed E-state index contributed by atoms with van der Waals surface area (Å²) < 4.78 is 10.6. The minimum atomic E-state index is -0.606. The summed E-state index contributed by atoms with van der Waals surface area (Å²) in [7, 11) is 3.26. The van der Waals surface area contributed by atoms with Gasteiger partial charge >= 0.3 is 11.9 Å². The molecule has 0 saturated heterocycles. The minimum absolute atomic E-state index is 0.0491. The van der Waals surface area contributed by atoms with Gasteiger partial charge in [-0.15, -0.1) is 0 Å². The van der Waals surface area contributed by atoms with Crippen LogP contribution in [-0.4, -0.2) is 43.2 Å². The molecule has 1 aliphatic rings. The molecule has 1 heterocycles. The van der Waals surface area contributed by atoms with Gasteiger partial charge in [0.15, 0.2) is 0 Å². The number of rotatable bonds is 4. The van der Waals surface area contributed by atoms with Crippen molar-refractivity contribution in [3.8, 4) is 0 Å². The number of carbonyl (C=O) groups is 2.